The molecular weight excluding hydrogens is 582 g/mol. The number of carbonyl (C=O) groups is 2. The second-order valence-corrected chi connectivity index (χ2v) is 11.9. The van der Waals surface area contributed by atoms with Gasteiger partial charge in [0.1, 0.15) is 6.04 Å². The van der Waals surface area contributed by atoms with Crippen molar-refractivity contribution in [3.63, 3.8) is 0 Å². The zero-order valence-corrected chi connectivity index (χ0v) is 23.6. The first-order chi connectivity index (χ1) is 18.8. The number of hydrogen-bond donors (Lipinski definition) is 0. The van der Waals surface area contributed by atoms with Crippen LogP contribution >= 0.6 is 15.9 Å². The zero-order chi connectivity index (χ0) is 27.6. The number of ether oxygens (including phenoxy) is 1. The summed E-state index contributed by atoms with van der Waals surface area (Å²) in [5.74, 6) is -0.995. The van der Waals surface area contributed by atoms with E-state index in [1.165, 1.54) is 9.21 Å². The molecule has 5 rings (SSSR count). The van der Waals surface area contributed by atoms with Crippen LogP contribution in [0.2, 0.25) is 0 Å². The molecule has 200 valence electrons. The Kier molecular flexibility index (Phi) is 7.79. The molecule has 1 aliphatic rings. The molecule has 0 radical (unpaired) electrons. The number of hydrogen-bond acceptors (Lipinski definition) is 6. The smallest absolute Gasteiger partial charge is 0.330 e. The standard InChI is InChI=1S/C29H26BrN3O5S/c1-2-38-29(35)27-19-32(39(36,37)26-10-8-23-17-25(30)9-7-24(23)18-26)15-16-33(27)28(34)22-5-3-20(4-6-22)21-11-13-31-14-12-21/h3-14,17-18,27H,2,15-16,19H2,1H3. The van der Waals surface area contributed by atoms with Crippen LogP contribution < -0.4 is 0 Å². The number of carbonyl (C=O) groups excluding carboxylic acids is 2. The van der Waals surface area contributed by atoms with Crippen molar-refractivity contribution in [1.82, 2.24) is 14.2 Å². The molecule has 0 bridgehead atoms. The van der Waals surface area contributed by atoms with Crippen molar-refractivity contribution < 1.29 is 22.7 Å². The molecule has 1 unspecified atom stereocenters. The van der Waals surface area contributed by atoms with E-state index in [1.54, 1.807) is 49.6 Å². The summed E-state index contributed by atoms with van der Waals surface area (Å²) in [6, 6.07) is 20.3. The topological polar surface area (TPSA) is 96.9 Å². The van der Waals surface area contributed by atoms with Gasteiger partial charge in [0.2, 0.25) is 10.0 Å². The van der Waals surface area contributed by atoms with Crippen molar-refractivity contribution >= 4 is 48.6 Å². The van der Waals surface area contributed by atoms with E-state index in [9.17, 15) is 18.0 Å². The van der Waals surface area contributed by atoms with Crippen molar-refractivity contribution in [1.29, 1.82) is 0 Å². The van der Waals surface area contributed by atoms with E-state index in [2.05, 4.69) is 20.9 Å². The quantitative estimate of drug-likeness (QED) is 0.294. The Bertz CT molecular complexity index is 1630. The zero-order valence-electron chi connectivity index (χ0n) is 21.2. The number of benzene rings is 3. The second-order valence-electron chi connectivity index (χ2n) is 9.10. The lowest BCUT2D eigenvalue weighted by Crippen LogP contribution is -2.59. The molecule has 2 heterocycles. The SMILES string of the molecule is CCOC(=O)C1CN(S(=O)(=O)c2ccc3cc(Br)ccc3c2)CCN1C(=O)c1ccc(-c2ccncc2)cc1. The molecule has 1 amide bonds. The monoisotopic (exact) mass is 607 g/mol. The average Bonchev–Trinajstić information content (AvgIpc) is 2.96. The van der Waals surface area contributed by atoms with Gasteiger partial charge < -0.3 is 9.64 Å². The lowest BCUT2D eigenvalue weighted by molar-refractivity contribution is -0.149. The third kappa shape index (κ3) is 5.59. The first-order valence-electron chi connectivity index (χ1n) is 12.5. The molecule has 1 aromatic heterocycles. The van der Waals surface area contributed by atoms with Crippen LogP contribution in [0, 0.1) is 0 Å². The molecule has 3 aromatic carbocycles. The number of pyridine rings is 1. The van der Waals surface area contributed by atoms with E-state index in [1.807, 2.05) is 42.5 Å². The van der Waals surface area contributed by atoms with Gasteiger partial charge in [0.25, 0.3) is 5.91 Å². The number of halogens is 1. The van der Waals surface area contributed by atoms with Crippen LogP contribution in [0.5, 0.6) is 0 Å². The van der Waals surface area contributed by atoms with Crippen molar-refractivity contribution in [3.8, 4) is 11.1 Å². The Morgan fingerprint density at radius 2 is 1.59 bits per heavy atom. The van der Waals surface area contributed by atoms with Crippen LogP contribution in [-0.2, 0) is 19.6 Å². The molecule has 10 heteroatoms. The van der Waals surface area contributed by atoms with Crippen molar-refractivity contribution in [2.75, 3.05) is 26.2 Å². The summed E-state index contributed by atoms with van der Waals surface area (Å²) in [6.45, 7) is 1.70. The number of nitrogens with zero attached hydrogens (tertiary/aromatic N) is 3. The molecule has 8 nitrogen and oxygen atoms in total. The Morgan fingerprint density at radius 1 is 0.923 bits per heavy atom. The minimum Gasteiger partial charge on any atom is -0.464 e. The third-order valence-corrected chi connectivity index (χ3v) is 9.07. The van der Waals surface area contributed by atoms with Crippen LogP contribution in [0.15, 0.2) is 94.6 Å². The fourth-order valence-corrected chi connectivity index (χ4v) is 6.53. The van der Waals surface area contributed by atoms with Gasteiger partial charge in [-0.05, 0) is 77.4 Å². The first kappa shape index (κ1) is 27.0. The van der Waals surface area contributed by atoms with Crippen LogP contribution in [0.1, 0.15) is 17.3 Å². The second kappa shape index (κ2) is 11.3. The van der Waals surface area contributed by atoms with Gasteiger partial charge in [-0.3, -0.25) is 9.78 Å². The van der Waals surface area contributed by atoms with Gasteiger partial charge in [0, 0.05) is 42.1 Å². The lowest BCUT2D eigenvalue weighted by atomic mass is 10.0. The maximum atomic E-state index is 13.6. The van der Waals surface area contributed by atoms with Gasteiger partial charge in [-0.1, -0.05) is 40.2 Å². The van der Waals surface area contributed by atoms with Gasteiger partial charge in [-0.15, -0.1) is 0 Å². The highest BCUT2D eigenvalue weighted by Gasteiger charge is 2.41. The fraction of sp³-hybridized carbons (Fsp3) is 0.207. The summed E-state index contributed by atoms with van der Waals surface area (Å²) in [6.07, 6.45) is 3.39. The molecular formula is C29H26BrN3O5S. The third-order valence-electron chi connectivity index (χ3n) is 6.72. The van der Waals surface area contributed by atoms with Crippen LogP contribution in [0.4, 0.5) is 0 Å². The summed E-state index contributed by atoms with van der Waals surface area (Å²) >= 11 is 3.43. The van der Waals surface area contributed by atoms with Gasteiger partial charge in [-0.25, -0.2) is 13.2 Å². The number of aromatic nitrogens is 1. The van der Waals surface area contributed by atoms with Gasteiger partial charge >= 0.3 is 5.97 Å². The predicted octanol–water partition coefficient (Wildman–Crippen LogP) is 4.74. The minimum atomic E-state index is -3.92. The Labute approximate surface area is 235 Å². The van der Waals surface area contributed by atoms with Crippen molar-refractivity contribution in [2.45, 2.75) is 17.9 Å². The van der Waals surface area contributed by atoms with Gasteiger partial charge in [0.05, 0.1) is 11.5 Å². The number of sulfonamides is 1. The Morgan fingerprint density at radius 3 is 2.31 bits per heavy atom. The summed E-state index contributed by atoms with van der Waals surface area (Å²) in [7, 11) is -3.92. The highest BCUT2D eigenvalue weighted by atomic mass is 79.9. The molecule has 1 fully saturated rings. The maximum absolute atomic E-state index is 13.6. The minimum absolute atomic E-state index is 0.0498. The van der Waals surface area contributed by atoms with E-state index >= 15 is 0 Å². The molecule has 0 aliphatic carbocycles. The number of amides is 1. The van der Waals surface area contributed by atoms with E-state index in [-0.39, 0.29) is 37.0 Å². The fourth-order valence-electron chi connectivity index (χ4n) is 4.68. The number of esters is 1. The van der Waals surface area contributed by atoms with Crippen LogP contribution in [0.3, 0.4) is 0 Å². The van der Waals surface area contributed by atoms with Gasteiger partial charge in [-0.2, -0.15) is 4.31 Å². The van der Waals surface area contributed by atoms with E-state index in [0.717, 1.165) is 26.4 Å². The summed E-state index contributed by atoms with van der Waals surface area (Å²) < 4.78 is 34.6. The lowest BCUT2D eigenvalue weighted by Gasteiger charge is -2.39. The summed E-state index contributed by atoms with van der Waals surface area (Å²) in [4.78, 5) is 32.0. The van der Waals surface area contributed by atoms with E-state index in [0.29, 0.717) is 5.56 Å². The molecule has 1 aliphatic heterocycles. The Hall–Kier alpha value is -3.60. The maximum Gasteiger partial charge on any atom is 0.330 e. The summed E-state index contributed by atoms with van der Waals surface area (Å²) in [5, 5.41) is 1.68. The molecule has 0 spiro atoms. The molecule has 39 heavy (non-hydrogen) atoms. The van der Waals surface area contributed by atoms with Crippen LogP contribution in [0.25, 0.3) is 21.9 Å². The normalized spacial score (nSPS) is 16.3. The van der Waals surface area contributed by atoms with E-state index in [4.69, 9.17) is 4.74 Å². The highest BCUT2D eigenvalue weighted by Crippen LogP contribution is 2.27. The first-order valence-corrected chi connectivity index (χ1v) is 14.7. The average molecular weight is 609 g/mol. The van der Waals surface area contributed by atoms with Crippen molar-refractivity contribution in [2.24, 2.45) is 0 Å². The van der Waals surface area contributed by atoms with Crippen LogP contribution in [-0.4, -0.2) is 66.8 Å². The number of rotatable bonds is 6. The number of fused-ring (bicyclic) bond motifs is 1. The molecule has 0 saturated carbocycles. The molecule has 1 saturated heterocycles. The van der Waals surface area contributed by atoms with E-state index < -0.39 is 22.0 Å². The summed E-state index contributed by atoms with van der Waals surface area (Å²) in [5.41, 5.74) is 2.29. The predicted molar refractivity (Wildman–Crippen MR) is 152 cm³/mol. The van der Waals surface area contributed by atoms with Crippen molar-refractivity contribution in [3.05, 3.63) is 95.2 Å². The molecule has 0 N–H and O–H groups in total. The molecule has 1 atom stereocenters. The largest absolute Gasteiger partial charge is 0.464 e. The Balaban J connectivity index is 1.39. The molecule has 4 aromatic rings. The highest BCUT2D eigenvalue weighted by molar-refractivity contribution is 9.10. The van der Waals surface area contributed by atoms with Gasteiger partial charge in [0.15, 0.2) is 0 Å². The number of piperazine rings is 1.